The van der Waals surface area contributed by atoms with E-state index in [1.165, 1.54) is 19.1 Å². The predicted octanol–water partition coefficient (Wildman–Crippen LogP) is 3.17. The third-order valence-corrected chi connectivity index (χ3v) is 3.34. The molecule has 2 aromatic rings. The van der Waals surface area contributed by atoms with Crippen LogP contribution < -0.4 is 4.74 Å². The van der Waals surface area contributed by atoms with Gasteiger partial charge in [0.25, 0.3) is 0 Å². The van der Waals surface area contributed by atoms with Gasteiger partial charge in [-0.25, -0.2) is 4.39 Å². The van der Waals surface area contributed by atoms with Crippen molar-refractivity contribution >= 4 is 0 Å². The Morgan fingerprint density at radius 3 is 2.43 bits per heavy atom. The maximum Gasteiger partial charge on any atom is 0.132 e. The molecule has 2 N–H and O–H groups in total. The molecule has 0 saturated heterocycles. The largest absolute Gasteiger partial charge is 0.490 e. The van der Waals surface area contributed by atoms with Gasteiger partial charge in [-0.15, -0.1) is 0 Å². The van der Waals surface area contributed by atoms with Crippen LogP contribution in [0.5, 0.6) is 5.75 Å². The van der Waals surface area contributed by atoms with Gasteiger partial charge >= 0.3 is 0 Å². The van der Waals surface area contributed by atoms with Crippen LogP contribution in [0.25, 0.3) is 0 Å². The lowest BCUT2D eigenvalue weighted by Gasteiger charge is -2.24. The quantitative estimate of drug-likeness (QED) is 0.889. The molecule has 0 amide bonds. The summed E-state index contributed by atoms with van der Waals surface area (Å²) in [6.45, 7) is 3.15. The second-order valence-electron chi connectivity index (χ2n) is 5.29. The van der Waals surface area contributed by atoms with E-state index in [-0.39, 0.29) is 12.2 Å². The fourth-order valence-corrected chi connectivity index (χ4v) is 2.04. The van der Waals surface area contributed by atoms with Crippen molar-refractivity contribution in [2.45, 2.75) is 25.6 Å². The lowest BCUT2D eigenvalue weighted by Crippen LogP contribution is -2.29. The Labute approximate surface area is 123 Å². The molecule has 0 radical (unpaired) electrons. The van der Waals surface area contributed by atoms with Gasteiger partial charge in [0.15, 0.2) is 0 Å². The van der Waals surface area contributed by atoms with Gasteiger partial charge in [0.1, 0.15) is 23.8 Å². The smallest absolute Gasteiger partial charge is 0.132 e. The summed E-state index contributed by atoms with van der Waals surface area (Å²) >= 11 is 0. The predicted molar refractivity (Wildman–Crippen MR) is 78.5 cm³/mol. The Kier molecular flexibility index (Phi) is 4.60. The van der Waals surface area contributed by atoms with E-state index in [2.05, 4.69) is 0 Å². The van der Waals surface area contributed by atoms with E-state index in [1.807, 2.05) is 18.2 Å². The van der Waals surface area contributed by atoms with Crippen molar-refractivity contribution in [3.63, 3.8) is 0 Å². The zero-order valence-corrected chi connectivity index (χ0v) is 12.1. The number of benzene rings is 2. The Bertz CT molecular complexity index is 594. The molecule has 112 valence electrons. The van der Waals surface area contributed by atoms with Crippen LogP contribution >= 0.6 is 0 Å². The van der Waals surface area contributed by atoms with Gasteiger partial charge in [-0.05, 0) is 31.5 Å². The summed E-state index contributed by atoms with van der Waals surface area (Å²) in [4.78, 5) is 0. The van der Waals surface area contributed by atoms with Gasteiger partial charge in [0, 0.05) is 11.6 Å². The zero-order chi connectivity index (χ0) is 15.5. The van der Waals surface area contributed by atoms with Crippen LogP contribution in [0.4, 0.5) is 4.39 Å². The number of ether oxygens (including phenoxy) is 1. The number of halogens is 1. The SMILES string of the molecule is CC(O)c1ccc(OCC(C)(O)c2ccccc2)cc1F. The highest BCUT2D eigenvalue weighted by atomic mass is 19.1. The first-order valence-electron chi connectivity index (χ1n) is 6.78. The summed E-state index contributed by atoms with van der Waals surface area (Å²) in [5.41, 5.74) is -0.219. The van der Waals surface area contributed by atoms with Crippen molar-refractivity contribution in [3.8, 4) is 5.75 Å². The Morgan fingerprint density at radius 1 is 1.19 bits per heavy atom. The molecule has 0 aliphatic rings. The van der Waals surface area contributed by atoms with Crippen LogP contribution in [-0.4, -0.2) is 16.8 Å². The van der Waals surface area contributed by atoms with E-state index in [9.17, 15) is 14.6 Å². The van der Waals surface area contributed by atoms with E-state index in [0.29, 0.717) is 5.75 Å². The molecule has 3 nitrogen and oxygen atoms in total. The second-order valence-corrected chi connectivity index (χ2v) is 5.29. The molecule has 21 heavy (non-hydrogen) atoms. The minimum atomic E-state index is -1.17. The van der Waals surface area contributed by atoms with Gasteiger partial charge in [-0.2, -0.15) is 0 Å². The summed E-state index contributed by atoms with van der Waals surface area (Å²) in [7, 11) is 0. The van der Waals surface area contributed by atoms with Gasteiger partial charge < -0.3 is 14.9 Å². The van der Waals surface area contributed by atoms with Crippen molar-refractivity contribution in [3.05, 3.63) is 65.5 Å². The van der Waals surface area contributed by atoms with Crippen molar-refractivity contribution in [2.24, 2.45) is 0 Å². The molecule has 0 bridgehead atoms. The van der Waals surface area contributed by atoms with E-state index >= 15 is 0 Å². The van der Waals surface area contributed by atoms with Crippen molar-refractivity contribution < 1.29 is 19.3 Å². The molecular weight excluding hydrogens is 271 g/mol. The van der Waals surface area contributed by atoms with E-state index in [4.69, 9.17) is 4.74 Å². The highest BCUT2D eigenvalue weighted by molar-refractivity contribution is 5.30. The number of hydrogen-bond acceptors (Lipinski definition) is 3. The highest BCUT2D eigenvalue weighted by Gasteiger charge is 2.24. The van der Waals surface area contributed by atoms with Crippen LogP contribution in [0, 0.1) is 5.82 Å². The van der Waals surface area contributed by atoms with Crippen LogP contribution in [0.3, 0.4) is 0 Å². The van der Waals surface area contributed by atoms with Crippen molar-refractivity contribution in [1.82, 2.24) is 0 Å². The Morgan fingerprint density at radius 2 is 1.86 bits per heavy atom. The topological polar surface area (TPSA) is 49.7 Å². The summed E-state index contributed by atoms with van der Waals surface area (Å²) in [6, 6.07) is 13.4. The number of hydrogen-bond donors (Lipinski definition) is 2. The molecule has 0 fully saturated rings. The normalized spacial score (nSPS) is 15.3. The van der Waals surface area contributed by atoms with Crippen LogP contribution in [0.15, 0.2) is 48.5 Å². The molecule has 0 heterocycles. The molecule has 0 aromatic heterocycles. The number of rotatable bonds is 5. The maximum absolute atomic E-state index is 13.7. The summed E-state index contributed by atoms with van der Waals surface area (Å²) in [6.07, 6.45) is -0.869. The van der Waals surface area contributed by atoms with Crippen LogP contribution in [-0.2, 0) is 5.60 Å². The summed E-state index contributed by atoms with van der Waals surface area (Å²) < 4.78 is 19.2. The van der Waals surface area contributed by atoms with Gasteiger partial charge in [0.2, 0.25) is 0 Å². The summed E-state index contributed by atoms with van der Waals surface area (Å²) in [5, 5.41) is 19.8. The Hall–Kier alpha value is -1.91. The average Bonchev–Trinajstić information content (AvgIpc) is 2.46. The first kappa shape index (κ1) is 15.5. The molecule has 4 heteroatoms. The monoisotopic (exact) mass is 290 g/mol. The van der Waals surface area contributed by atoms with E-state index in [1.54, 1.807) is 25.1 Å². The molecule has 2 aromatic carbocycles. The molecule has 0 aliphatic heterocycles. The van der Waals surface area contributed by atoms with E-state index in [0.717, 1.165) is 5.56 Å². The van der Waals surface area contributed by atoms with Crippen LogP contribution in [0.1, 0.15) is 31.1 Å². The summed E-state index contributed by atoms with van der Waals surface area (Å²) in [5.74, 6) is -0.213. The standard InChI is InChI=1S/C17H19FO3/c1-12(19)15-9-8-14(10-16(15)18)21-11-17(2,20)13-6-4-3-5-7-13/h3-10,12,19-20H,11H2,1-2H3. The average molecular weight is 290 g/mol. The molecular formula is C17H19FO3. The minimum absolute atomic E-state index is 0.00444. The van der Waals surface area contributed by atoms with E-state index < -0.39 is 17.5 Å². The van der Waals surface area contributed by atoms with Crippen LogP contribution in [0.2, 0.25) is 0 Å². The number of aliphatic hydroxyl groups excluding tert-OH is 1. The highest BCUT2D eigenvalue weighted by Crippen LogP contribution is 2.25. The fraction of sp³-hybridized carbons (Fsp3) is 0.294. The van der Waals surface area contributed by atoms with Crippen molar-refractivity contribution in [2.75, 3.05) is 6.61 Å². The van der Waals surface area contributed by atoms with Crippen molar-refractivity contribution in [1.29, 1.82) is 0 Å². The number of aliphatic hydroxyl groups is 2. The lowest BCUT2D eigenvalue weighted by molar-refractivity contribution is 0.00746. The third-order valence-electron chi connectivity index (χ3n) is 3.34. The molecule has 2 unspecified atom stereocenters. The van der Waals surface area contributed by atoms with Gasteiger partial charge in [-0.3, -0.25) is 0 Å². The second kappa shape index (κ2) is 6.24. The molecule has 0 spiro atoms. The van der Waals surface area contributed by atoms with Gasteiger partial charge in [0.05, 0.1) is 6.10 Å². The van der Waals surface area contributed by atoms with Gasteiger partial charge in [-0.1, -0.05) is 30.3 Å². The molecule has 0 aliphatic carbocycles. The molecule has 0 saturated carbocycles. The Balaban J connectivity index is 2.08. The third kappa shape index (κ3) is 3.80. The lowest BCUT2D eigenvalue weighted by atomic mass is 9.97. The fourth-order valence-electron chi connectivity index (χ4n) is 2.04. The maximum atomic E-state index is 13.7. The molecule has 2 atom stereocenters. The molecule has 2 rings (SSSR count). The zero-order valence-electron chi connectivity index (χ0n) is 12.1. The first-order valence-corrected chi connectivity index (χ1v) is 6.78. The minimum Gasteiger partial charge on any atom is -0.490 e. The first-order chi connectivity index (χ1) is 9.90.